The van der Waals surface area contributed by atoms with Crippen LogP contribution < -0.4 is 20.1 Å². The maximum absolute atomic E-state index is 10.2. The Morgan fingerprint density at radius 3 is 2.78 bits per heavy atom. The van der Waals surface area contributed by atoms with Crippen LogP contribution in [0.25, 0.3) is 0 Å². The fourth-order valence-electron chi connectivity index (χ4n) is 2.94. The van der Waals surface area contributed by atoms with Crippen LogP contribution >= 0.6 is 24.0 Å². The molecule has 3 N–H and O–H groups in total. The van der Waals surface area contributed by atoms with E-state index in [-0.39, 0.29) is 35.8 Å². The topological polar surface area (TPSA) is 75.1 Å². The number of nitrogens with zero attached hydrogens (tertiary/aromatic N) is 1. The first kappa shape index (κ1) is 21.1. The molecule has 0 amide bonds. The summed E-state index contributed by atoms with van der Waals surface area (Å²) >= 11 is 0. The summed E-state index contributed by atoms with van der Waals surface area (Å²) in [6.45, 7) is 3.78. The van der Waals surface area contributed by atoms with Crippen LogP contribution in [0, 0.1) is 0 Å². The number of nitrogens with one attached hydrogen (secondary N) is 2. The van der Waals surface area contributed by atoms with E-state index in [2.05, 4.69) is 21.7 Å². The number of phenolic OH excluding ortho intramolecular Hbond substituents is 1. The van der Waals surface area contributed by atoms with Gasteiger partial charge in [-0.25, -0.2) is 4.99 Å². The average Bonchev–Trinajstić information content (AvgIpc) is 3.08. The summed E-state index contributed by atoms with van der Waals surface area (Å²) in [5.41, 5.74) is 1.95. The number of halogens is 1. The van der Waals surface area contributed by atoms with E-state index in [0.717, 1.165) is 18.7 Å². The lowest BCUT2D eigenvalue weighted by molar-refractivity contribution is 0.235. The van der Waals surface area contributed by atoms with Crippen molar-refractivity contribution in [2.45, 2.75) is 26.0 Å². The van der Waals surface area contributed by atoms with Gasteiger partial charge in [0.05, 0.1) is 20.2 Å². The molecule has 0 saturated heterocycles. The number of ether oxygens (including phenoxy) is 2. The molecule has 2 aromatic carbocycles. The van der Waals surface area contributed by atoms with Crippen LogP contribution in [0.3, 0.4) is 0 Å². The molecular formula is C20H26IN3O3. The van der Waals surface area contributed by atoms with Crippen LogP contribution in [-0.2, 0) is 13.0 Å². The van der Waals surface area contributed by atoms with Crippen molar-refractivity contribution < 1.29 is 14.6 Å². The molecule has 0 bridgehead atoms. The van der Waals surface area contributed by atoms with Gasteiger partial charge in [0.25, 0.3) is 0 Å². The lowest BCUT2D eigenvalue weighted by Gasteiger charge is -2.15. The number of methoxy groups -OCH3 is 1. The standard InChI is InChI=1S/C20H25N3O3.HI/c1-3-21-20(22-12-15-8-6-10-18(25-2)19(15)24)23-13-16-11-14-7-4-5-9-17(14)26-16;/h4-10,16,24H,3,11-13H2,1-2H3,(H2,21,22,23);1H. The number of phenols is 1. The van der Waals surface area contributed by atoms with Gasteiger partial charge in [-0.2, -0.15) is 0 Å². The summed E-state index contributed by atoms with van der Waals surface area (Å²) in [6, 6.07) is 13.5. The highest BCUT2D eigenvalue weighted by Gasteiger charge is 2.22. The maximum Gasteiger partial charge on any atom is 0.191 e. The molecule has 1 heterocycles. The van der Waals surface area contributed by atoms with Gasteiger partial charge >= 0.3 is 0 Å². The summed E-state index contributed by atoms with van der Waals surface area (Å²) in [5.74, 6) is 2.23. The predicted molar refractivity (Wildman–Crippen MR) is 117 cm³/mol. The molecule has 0 aromatic heterocycles. The van der Waals surface area contributed by atoms with Crippen molar-refractivity contribution in [3.8, 4) is 17.2 Å². The van der Waals surface area contributed by atoms with Crippen molar-refractivity contribution in [2.24, 2.45) is 4.99 Å². The van der Waals surface area contributed by atoms with Crippen LogP contribution in [0.1, 0.15) is 18.1 Å². The summed E-state index contributed by atoms with van der Waals surface area (Å²) in [4.78, 5) is 4.55. The molecule has 0 saturated carbocycles. The van der Waals surface area contributed by atoms with Crippen LogP contribution in [0.5, 0.6) is 17.2 Å². The monoisotopic (exact) mass is 483 g/mol. The molecule has 1 unspecified atom stereocenters. The minimum Gasteiger partial charge on any atom is -0.504 e. The van der Waals surface area contributed by atoms with E-state index in [9.17, 15) is 5.11 Å². The van der Waals surface area contributed by atoms with E-state index in [1.807, 2.05) is 37.3 Å². The molecule has 0 radical (unpaired) electrons. The van der Waals surface area contributed by atoms with Gasteiger partial charge in [-0.15, -0.1) is 24.0 Å². The lowest BCUT2D eigenvalue weighted by Crippen LogP contribution is -2.42. The number of rotatable bonds is 6. The van der Waals surface area contributed by atoms with E-state index in [0.29, 0.717) is 30.4 Å². The van der Waals surface area contributed by atoms with E-state index in [4.69, 9.17) is 9.47 Å². The van der Waals surface area contributed by atoms with Crippen molar-refractivity contribution in [2.75, 3.05) is 20.2 Å². The van der Waals surface area contributed by atoms with Gasteiger partial charge in [0.2, 0.25) is 0 Å². The quantitative estimate of drug-likeness (QED) is 0.335. The largest absolute Gasteiger partial charge is 0.504 e. The van der Waals surface area contributed by atoms with Gasteiger partial charge in [-0.05, 0) is 24.6 Å². The highest BCUT2D eigenvalue weighted by atomic mass is 127. The number of hydrogen-bond acceptors (Lipinski definition) is 4. The van der Waals surface area contributed by atoms with Crippen LogP contribution in [0.2, 0.25) is 0 Å². The molecule has 146 valence electrons. The third-order valence-corrected chi connectivity index (χ3v) is 4.27. The van der Waals surface area contributed by atoms with Crippen molar-refractivity contribution in [3.05, 3.63) is 53.6 Å². The predicted octanol–water partition coefficient (Wildman–Crippen LogP) is 3.08. The Hall–Kier alpha value is -2.16. The number of hydrogen-bond donors (Lipinski definition) is 3. The Morgan fingerprint density at radius 1 is 1.22 bits per heavy atom. The van der Waals surface area contributed by atoms with Crippen molar-refractivity contribution in [1.82, 2.24) is 10.6 Å². The zero-order valence-electron chi connectivity index (χ0n) is 15.6. The Labute approximate surface area is 177 Å². The number of benzene rings is 2. The van der Waals surface area contributed by atoms with Crippen molar-refractivity contribution in [3.63, 3.8) is 0 Å². The minimum absolute atomic E-state index is 0. The molecule has 0 spiro atoms. The average molecular weight is 483 g/mol. The first-order valence-electron chi connectivity index (χ1n) is 8.82. The number of fused-ring (bicyclic) bond motifs is 1. The van der Waals surface area contributed by atoms with Gasteiger partial charge < -0.3 is 25.2 Å². The summed E-state index contributed by atoms with van der Waals surface area (Å²) < 4.78 is 11.1. The van der Waals surface area contributed by atoms with Crippen molar-refractivity contribution >= 4 is 29.9 Å². The molecule has 3 rings (SSSR count). The van der Waals surface area contributed by atoms with Crippen LogP contribution in [0.15, 0.2) is 47.5 Å². The van der Waals surface area contributed by atoms with Gasteiger partial charge in [0, 0.05) is 18.5 Å². The second-order valence-corrected chi connectivity index (χ2v) is 6.10. The van der Waals surface area contributed by atoms with Crippen LogP contribution in [-0.4, -0.2) is 37.4 Å². The second kappa shape index (κ2) is 10.2. The molecule has 1 aliphatic rings. The van der Waals surface area contributed by atoms with Gasteiger partial charge in [-0.1, -0.05) is 30.3 Å². The highest BCUT2D eigenvalue weighted by molar-refractivity contribution is 14.0. The van der Waals surface area contributed by atoms with Crippen molar-refractivity contribution in [1.29, 1.82) is 0 Å². The number of aromatic hydroxyl groups is 1. The molecule has 0 fully saturated rings. The third-order valence-electron chi connectivity index (χ3n) is 4.27. The molecule has 7 heteroatoms. The van der Waals surface area contributed by atoms with E-state index < -0.39 is 0 Å². The second-order valence-electron chi connectivity index (χ2n) is 6.10. The number of para-hydroxylation sites is 2. The Bertz CT molecular complexity index is 758. The molecule has 0 aliphatic carbocycles. The fraction of sp³-hybridized carbons (Fsp3) is 0.350. The summed E-state index contributed by atoms with van der Waals surface area (Å²) in [5, 5.41) is 16.7. The van der Waals surface area contributed by atoms with Crippen LogP contribution in [0.4, 0.5) is 0 Å². The number of aliphatic imine (C=N–C) groups is 1. The van der Waals surface area contributed by atoms with Gasteiger partial charge in [-0.3, -0.25) is 0 Å². The third kappa shape index (κ3) is 5.41. The Kier molecular flexibility index (Phi) is 8.02. The minimum atomic E-state index is 0. The summed E-state index contributed by atoms with van der Waals surface area (Å²) in [6.07, 6.45) is 0.973. The molecule has 2 aromatic rings. The zero-order chi connectivity index (χ0) is 18.4. The van der Waals surface area contributed by atoms with Gasteiger partial charge in [0.1, 0.15) is 11.9 Å². The first-order valence-corrected chi connectivity index (χ1v) is 8.82. The fourth-order valence-corrected chi connectivity index (χ4v) is 2.94. The Balaban J connectivity index is 0.00000261. The molecular weight excluding hydrogens is 457 g/mol. The van der Waals surface area contributed by atoms with E-state index >= 15 is 0 Å². The molecule has 1 aliphatic heterocycles. The smallest absolute Gasteiger partial charge is 0.191 e. The molecule has 1 atom stereocenters. The molecule has 27 heavy (non-hydrogen) atoms. The zero-order valence-corrected chi connectivity index (χ0v) is 17.9. The van der Waals surface area contributed by atoms with E-state index in [1.165, 1.54) is 12.7 Å². The first-order chi connectivity index (χ1) is 12.7. The van der Waals surface area contributed by atoms with E-state index in [1.54, 1.807) is 6.07 Å². The lowest BCUT2D eigenvalue weighted by atomic mass is 10.1. The van der Waals surface area contributed by atoms with Gasteiger partial charge in [0.15, 0.2) is 17.5 Å². The highest BCUT2D eigenvalue weighted by Crippen LogP contribution is 2.30. The Morgan fingerprint density at radius 2 is 2.04 bits per heavy atom. The maximum atomic E-state index is 10.2. The summed E-state index contributed by atoms with van der Waals surface area (Å²) in [7, 11) is 1.54. The number of guanidine groups is 1. The normalized spacial score (nSPS) is 15.3. The SMILES string of the molecule is CCNC(=NCc1cccc(OC)c1O)NCC1Cc2ccccc2O1.I. The molecule has 6 nitrogen and oxygen atoms in total.